The van der Waals surface area contributed by atoms with Crippen LogP contribution in [0.2, 0.25) is 0 Å². The van der Waals surface area contributed by atoms with Gasteiger partial charge in [0.05, 0.1) is 0 Å². The predicted molar refractivity (Wildman–Crippen MR) is 81.5 cm³/mol. The Labute approximate surface area is 126 Å². The van der Waals surface area contributed by atoms with Gasteiger partial charge in [-0.1, -0.05) is 26.0 Å². The molecule has 0 fully saturated rings. The summed E-state index contributed by atoms with van der Waals surface area (Å²) in [5, 5.41) is 0. The van der Waals surface area contributed by atoms with Gasteiger partial charge in [-0.2, -0.15) is 8.78 Å². The minimum atomic E-state index is -2.80. The lowest BCUT2D eigenvalue weighted by molar-refractivity contribution is -0.0498. The monoisotopic (exact) mass is 300 g/mol. The summed E-state index contributed by atoms with van der Waals surface area (Å²) >= 11 is 0. The van der Waals surface area contributed by atoms with Crippen molar-refractivity contribution in [1.29, 1.82) is 0 Å². The largest absolute Gasteiger partial charge is 0.435 e. The first-order chi connectivity index (χ1) is 9.85. The molecule has 0 heterocycles. The lowest BCUT2D eigenvalue weighted by Crippen LogP contribution is -2.37. The van der Waals surface area contributed by atoms with Crippen molar-refractivity contribution in [1.82, 2.24) is 4.90 Å². The summed E-state index contributed by atoms with van der Waals surface area (Å²) in [4.78, 5) is 2.24. The molecule has 2 N–H and O–H groups in total. The molecular weight excluding hydrogens is 274 g/mol. The topological polar surface area (TPSA) is 38.5 Å². The van der Waals surface area contributed by atoms with Crippen LogP contribution >= 0.6 is 0 Å². The van der Waals surface area contributed by atoms with Crippen molar-refractivity contribution in [3.05, 3.63) is 29.8 Å². The number of hydrogen-bond donors (Lipinski definition) is 1. The number of nitrogens with two attached hydrogens (primary N) is 1. The number of halogens is 2. The number of benzene rings is 1. The Morgan fingerprint density at radius 3 is 2.14 bits per heavy atom. The fourth-order valence-corrected chi connectivity index (χ4v) is 2.56. The Morgan fingerprint density at radius 2 is 1.71 bits per heavy atom. The molecule has 1 rings (SSSR count). The molecule has 0 bridgehead atoms. The zero-order valence-corrected chi connectivity index (χ0v) is 13.2. The molecule has 5 heteroatoms. The molecule has 120 valence electrons. The van der Waals surface area contributed by atoms with E-state index in [1.54, 1.807) is 24.3 Å². The predicted octanol–water partition coefficient (Wildman–Crippen LogP) is 3.65. The van der Waals surface area contributed by atoms with Crippen LogP contribution in [0.1, 0.15) is 38.8 Å². The summed E-state index contributed by atoms with van der Waals surface area (Å²) in [7, 11) is 2.05. The summed E-state index contributed by atoms with van der Waals surface area (Å²) in [5.41, 5.74) is 6.91. The molecule has 0 radical (unpaired) electrons. The van der Waals surface area contributed by atoms with Gasteiger partial charge in [0.25, 0.3) is 0 Å². The Hall–Kier alpha value is -1.20. The normalized spacial score (nSPS) is 14.8. The maximum Gasteiger partial charge on any atom is 0.387 e. The third kappa shape index (κ3) is 5.59. The molecule has 0 aliphatic rings. The molecule has 0 saturated carbocycles. The van der Waals surface area contributed by atoms with Gasteiger partial charge in [0.2, 0.25) is 0 Å². The minimum Gasteiger partial charge on any atom is -0.435 e. The van der Waals surface area contributed by atoms with Crippen LogP contribution in [-0.2, 0) is 0 Å². The standard InChI is InChI=1S/C16H26F2N2O/c1-11(2)9-12(3)20(4)15(10-19)13-5-7-14(8-6-13)21-16(17)18/h5-8,11-12,15-16H,9-10,19H2,1-4H3. The summed E-state index contributed by atoms with van der Waals surface area (Å²) in [5.74, 6) is 0.782. The van der Waals surface area contributed by atoms with Crippen LogP contribution in [0.5, 0.6) is 5.75 Å². The van der Waals surface area contributed by atoms with Crippen LogP contribution in [0.15, 0.2) is 24.3 Å². The molecule has 0 saturated heterocycles. The van der Waals surface area contributed by atoms with E-state index in [9.17, 15) is 8.78 Å². The van der Waals surface area contributed by atoms with Gasteiger partial charge in [-0.15, -0.1) is 0 Å². The van der Waals surface area contributed by atoms with E-state index in [1.807, 2.05) is 7.05 Å². The van der Waals surface area contributed by atoms with Crippen molar-refractivity contribution in [3.8, 4) is 5.75 Å². The Kier molecular flexibility index (Phi) is 7.05. The molecule has 2 atom stereocenters. The van der Waals surface area contributed by atoms with E-state index >= 15 is 0 Å². The van der Waals surface area contributed by atoms with E-state index in [1.165, 1.54) is 0 Å². The molecule has 0 aliphatic heterocycles. The average Bonchev–Trinajstić information content (AvgIpc) is 2.40. The first kappa shape index (κ1) is 17.9. The highest BCUT2D eigenvalue weighted by Gasteiger charge is 2.21. The third-order valence-electron chi connectivity index (χ3n) is 3.71. The summed E-state index contributed by atoms with van der Waals surface area (Å²) < 4.78 is 28.7. The molecule has 21 heavy (non-hydrogen) atoms. The Morgan fingerprint density at radius 1 is 1.14 bits per heavy atom. The van der Waals surface area contributed by atoms with Gasteiger partial charge in [0.15, 0.2) is 0 Å². The van der Waals surface area contributed by atoms with Gasteiger partial charge in [0, 0.05) is 18.6 Å². The summed E-state index contributed by atoms with van der Waals surface area (Å²) in [6, 6.07) is 7.19. The van der Waals surface area contributed by atoms with Gasteiger partial charge < -0.3 is 10.5 Å². The van der Waals surface area contributed by atoms with E-state index < -0.39 is 6.61 Å². The van der Waals surface area contributed by atoms with Crippen LogP contribution in [0, 0.1) is 5.92 Å². The molecule has 0 aliphatic carbocycles. The van der Waals surface area contributed by atoms with Crippen molar-refractivity contribution in [2.24, 2.45) is 11.7 Å². The molecule has 1 aromatic rings. The summed E-state index contributed by atoms with van der Waals surface area (Å²) in [6.45, 7) is 4.25. The number of likely N-dealkylation sites (N-methyl/N-ethyl adjacent to an activating group) is 1. The van der Waals surface area contributed by atoms with Gasteiger partial charge in [-0.3, -0.25) is 4.90 Å². The highest BCUT2D eigenvalue weighted by atomic mass is 19.3. The van der Waals surface area contributed by atoms with Crippen LogP contribution in [-0.4, -0.2) is 31.1 Å². The number of hydrogen-bond acceptors (Lipinski definition) is 3. The number of ether oxygens (including phenoxy) is 1. The van der Waals surface area contributed by atoms with Crippen molar-refractivity contribution in [2.45, 2.75) is 45.9 Å². The number of alkyl halides is 2. The quantitative estimate of drug-likeness (QED) is 0.796. The zero-order valence-electron chi connectivity index (χ0n) is 13.2. The highest BCUT2D eigenvalue weighted by Crippen LogP contribution is 2.25. The molecule has 0 spiro atoms. The zero-order chi connectivity index (χ0) is 16.0. The van der Waals surface area contributed by atoms with E-state index in [0.29, 0.717) is 18.5 Å². The fourth-order valence-electron chi connectivity index (χ4n) is 2.56. The second kappa shape index (κ2) is 8.29. The third-order valence-corrected chi connectivity index (χ3v) is 3.71. The first-order valence-electron chi connectivity index (χ1n) is 7.31. The molecule has 0 aromatic heterocycles. The van der Waals surface area contributed by atoms with E-state index in [2.05, 4.69) is 30.4 Å². The van der Waals surface area contributed by atoms with Crippen LogP contribution < -0.4 is 10.5 Å². The molecule has 1 aromatic carbocycles. The van der Waals surface area contributed by atoms with Crippen molar-refractivity contribution < 1.29 is 13.5 Å². The van der Waals surface area contributed by atoms with Crippen molar-refractivity contribution >= 4 is 0 Å². The van der Waals surface area contributed by atoms with Crippen molar-refractivity contribution in [2.75, 3.05) is 13.6 Å². The van der Waals surface area contributed by atoms with Crippen LogP contribution in [0.25, 0.3) is 0 Å². The molecule has 2 unspecified atom stereocenters. The van der Waals surface area contributed by atoms with Gasteiger partial charge in [-0.05, 0) is 44.0 Å². The maximum atomic E-state index is 12.2. The van der Waals surface area contributed by atoms with E-state index in [-0.39, 0.29) is 11.8 Å². The van der Waals surface area contributed by atoms with Gasteiger partial charge >= 0.3 is 6.61 Å². The van der Waals surface area contributed by atoms with Gasteiger partial charge in [-0.25, -0.2) is 0 Å². The molecule has 0 amide bonds. The second-order valence-electron chi connectivity index (χ2n) is 5.84. The van der Waals surface area contributed by atoms with E-state index in [0.717, 1.165) is 12.0 Å². The first-order valence-corrected chi connectivity index (χ1v) is 7.31. The second-order valence-corrected chi connectivity index (χ2v) is 5.84. The lowest BCUT2D eigenvalue weighted by atomic mass is 9.99. The Bertz CT molecular complexity index is 409. The summed E-state index contributed by atoms with van der Waals surface area (Å²) in [6.07, 6.45) is 1.08. The number of nitrogens with zero attached hydrogens (tertiary/aromatic N) is 1. The van der Waals surface area contributed by atoms with E-state index in [4.69, 9.17) is 5.73 Å². The SMILES string of the molecule is CC(C)CC(C)N(C)C(CN)c1ccc(OC(F)F)cc1. The van der Waals surface area contributed by atoms with Crippen molar-refractivity contribution in [3.63, 3.8) is 0 Å². The molecule has 3 nitrogen and oxygen atoms in total. The minimum absolute atomic E-state index is 0.0688. The highest BCUT2D eigenvalue weighted by molar-refractivity contribution is 5.29. The number of rotatable bonds is 8. The maximum absolute atomic E-state index is 12.2. The van der Waals surface area contributed by atoms with Crippen LogP contribution in [0.4, 0.5) is 8.78 Å². The average molecular weight is 300 g/mol. The van der Waals surface area contributed by atoms with Crippen LogP contribution in [0.3, 0.4) is 0 Å². The van der Waals surface area contributed by atoms with Gasteiger partial charge in [0.1, 0.15) is 5.75 Å². The smallest absolute Gasteiger partial charge is 0.387 e. The Balaban J connectivity index is 2.79. The molecular formula is C16H26F2N2O. The lowest BCUT2D eigenvalue weighted by Gasteiger charge is -2.33. The fraction of sp³-hybridized carbons (Fsp3) is 0.625.